The van der Waals surface area contributed by atoms with Crippen LogP contribution in [-0.4, -0.2) is 47.5 Å². The van der Waals surface area contributed by atoms with Gasteiger partial charge in [0, 0.05) is 30.0 Å². The van der Waals surface area contributed by atoms with Crippen molar-refractivity contribution in [1.82, 2.24) is 4.90 Å². The summed E-state index contributed by atoms with van der Waals surface area (Å²) in [5.74, 6) is 0. The van der Waals surface area contributed by atoms with Gasteiger partial charge in [-0.15, -0.1) is 0 Å². The highest BCUT2D eigenvalue weighted by Crippen LogP contribution is 2.33. The topological polar surface area (TPSA) is 92.5 Å². The number of likely N-dealkylation sites (tertiary alicyclic amines) is 1. The number of benzene rings is 1. The maximum absolute atomic E-state index is 9.53. The number of azide groups is 1. The average molecular weight is 262 g/mol. The summed E-state index contributed by atoms with van der Waals surface area (Å²) in [6.07, 6.45) is 0. The second kappa shape index (κ2) is 6.04. The standard InChI is InChI=1S/C13H18N4O2/c14-16-15-12-7-17(8-13(12,9-18)10-19)6-11-4-2-1-3-5-11/h1-5,12,18-19H,6-10H2. The Hall–Kier alpha value is -1.59. The van der Waals surface area contributed by atoms with E-state index in [0.29, 0.717) is 13.1 Å². The summed E-state index contributed by atoms with van der Waals surface area (Å²) in [5, 5.41) is 22.8. The third-order valence-electron chi connectivity index (χ3n) is 3.75. The summed E-state index contributed by atoms with van der Waals surface area (Å²) in [5.41, 5.74) is 9.03. The average Bonchev–Trinajstić information content (AvgIpc) is 2.79. The summed E-state index contributed by atoms with van der Waals surface area (Å²) in [4.78, 5) is 4.92. The zero-order valence-electron chi connectivity index (χ0n) is 10.7. The molecule has 1 saturated heterocycles. The molecule has 6 nitrogen and oxygen atoms in total. The smallest absolute Gasteiger partial charge is 0.0613 e. The predicted molar refractivity (Wildman–Crippen MR) is 71.3 cm³/mol. The molecule has 1 aliphatic heterocycles. The fourth-order valence-corrected chi connectivity index (χ4v) is 2.60. The molecule has 1 aliphatic rings. The minimum absolute atomic E-state index is 0.182. The van der Waals surface area contributed by atoms with Crippen molar-refractivity contribution in [3.05, 3.63) is 46.3 Å². The van der Waals surface area contributed by atoms with Crippen LogP contribution in [0.3, 0.4) is 0 Å². The minimum atomic E-state index is -0.735. The quantitative estimate of drug-likeness (QED) is 0.473. The van der Waals surface area contributed by atoms with Crippen LogP contribution >= 0.6 is 0 Å². The van der Waals surface area contributed by atoms with Crippen molar-refractivity contribution in [2.45, 2.75) is 12.6 Å². The van der Waals surface area contributed by atoms with Gasteiger partial charge < -0.3 is 10.2 Å². The molecule has 1 atom stereocenters. The molecule has 102 valence electrons. The minimum Gasteiger partial charge on any atom is -0.396 e. The Bertz CT molecular complexity index is 455. The molecule has 1 fully saturated rings. The van der Waals surface area contributed by atoms with Gasteiger partial charge in [-0.25, -0.2) is 0 Å². The Kier molecular flexibility index (Phi) is 4.39. The normalized spacial score (nSPS) is 22.1. The molecular formula is C13H18N4O2. The van der Waals surface area contributed by atoms with Crippen LogP contribution in [0.15, 0.2) is 35.4 Å². The van der Waals surface area contributed by atoms with Crippen molar-refractivity contribution in [1.29, 1.82) is 0 Å². The number of nitrogens with zero attached hydrogens (tertiary/aromatic N) is 4. The molecule has 0 saturated carbocycles. The van der Waals surface area contributed by atoms with Crippen LogP contribution in [0.1, 0.15) is 5.56 Å². The largest absolute Gasteiger partial charge is 0.396 e. The van der Waals surface area contributed by atoms with E-state index in [4.69, 9.17) is 5.53 Å². The lowest BCUT2D eigenvalue weighted by molar-refractivity contribution is 0.0509. The molecule has 2 rings (SSSR count). The molecule has 0 radical (unpaired) electrons. The molecular weight excluding hydrogens is 244 g/mol. The highest BCUT2D eigenvalue weighted by Gasteiger charge is 2.45. The van der Waals surface area contributed by atoms with Crippen LogP contribution in [0.4, 0.5) is 0 Å². The first-order chi connectivity index (χ1) is 9.24. The first-order valence-electron chi connectivity index (χ1n) is 6.26. The van der Waals surface area contributed by atoms with E-state index in [2.05, 4.69) is 14.9 Å². The van der Waals surface area contributed by atoms with E-state index in [1.165, 1.54) is 0 Å². The third-order valence-corrected chi connectivity index (χ3v) is 3.75. The number of hydrogen-bond acceptors (Lipinski definition) is 4. The van der Waals surface area contributed by atoms with Gasteiger partial charge in [0.25, 0.3) is 0 Å². The highest BCUT2D eigenvalue weighted by molar-refractivity contribution is 5.15. The maximum Gasteiger partial charge on any atom is 0.0613 e. The van der Waals surface area contributed by atoms with Crippen molar-refractivity contribution in [2.75, 3.05) is 26.3 Å². The van der Waals surface area contributed by atoms with Gasteiger partial charge in [-0.05, 0) is 11.1 Å². The van der Waals surface area contributed by atoms with Gasteiger partial charge in [-0.3, -0.25) is 4.90 Å². The van der Waals surface area contributed by atoms with Crippen LogP contribution < -0.4 is 0 Å². The van der Waals surface area contributed by atoms with Gasteiger partial charge in [0.05, 0.1) is 19.3 Å². The predicted octanol–water partition coefficient (Wildman–Crippen LogP) is 1.15. The molecule has 19 heavy (non-hydrogen) atoms. The highest BCUT2D eigenvalue weighted by atomic mass is 16.3. The van der Waals surface area contributed by atoms with Crippen molar-refractivity contribution >= 4 is 0 Å². The molecule has 1 unspecified atom stereocenters. The van der Waals surface area contributed by atoms with Crippen LogP contribution in [-0.2, 0) is 6.54 Å². The monoisotopic (exact) mass is 262 g/mol. The van der Waals surface area contributed by atoms with Crippen molar-refractivity contribution in [3.8, 4) is 0 Å². The zero-order chi connectivity index (χ0) is 13.7. The fraction of sp³-hybridized carbons (Fsp3) is 0.538. The van der Waals surface area contributed by atoms with Crippen molar-refractivity contribution < 1.29 is 10.2 Å². The van der Waals surface area contributed by atoms with Gasteiger partial charge in [-0.2, -0.15) is 0 Å². The second-order valence-corrected chi connectivity index (χ2v) is 5.05. The second-order valence-electron chi connectivity index (χ2n) is 5.05. The number of hydrogen-bond donors (Lipinski definition) is 2. The van der Waals surface area contributed by atoms with E-state index in [1.54, 1.807) is 0 Å². The van der Waals surface area contributed by atoms with Gasteiger partial charge in [0.15, 0.2) is 0 Å². The van der Waals surface area contributed by atoms with E-state index < -0.39 is 11.5 Å². The Labute approximate surface area is 111 Å². The summed E-state index contributed by atoms with van der Waals surface area (Å²) in [6, 6.07) is 9.57. The van der Waals surface area contributed by atoms with Gasteiger partial charge in [-0.1, -0.05) is 35.4 Å². The first-order valence-corrected chi connectivity index (χ1v) is 6.26. The Morgan fingerprint density at radius 1 is 1.32 bits per heavy atom. The molecule has 0 aromatic heterocycles. The van der Waals surface area contributed by atoms with E-state index in [-0.39, 0.29) is 13.2 Å². The molecule has 1 aromatic carbocycles. The van der Waals surface area contributed by atoms with Crippen molar-refractivity contribution in [3.63, 3.8) is 0 Å². The van der Waals surface area contributed by atoms with E-state index in [0.717, 1.165) is 12.1 Å². The van der Waals surface area contributed by atoms with Gasteiger partial charge in [0.1, 0.15) is 0 Å². The summed E-state index contributed by atoms with van der Waals surface area (Å²) >= 11 is 0. The Morgan fingerprint density at radius 2 is 2.00 bits per heavy atom. The Balaban J connectivity index is 2.12. The summed E-state index contributed by atoms with van der Waals surface area (Å²) in [7, 11) is 0. The first kappa shape index (κ1) is 13.8. The number of rotatable bonds is 5. The lowest BCUT2D eigenvalue weighted by atomic mass is 9.85. The van der Waals surface area contributed by atoms with Crippen molar-refractivity contribution in [2.24, 2.45) is 10.5 Å². The molecule has 0 amide bonds. The SMILES string of the molecule is [N-]=[N+]=NC1CN(Cc2ccccc2)CC1(CO)CO. The molecule has 0 spiro atoms. The van der Waals surface area contributed by atoms with E-state index in [1.807, 2.05) is 30.3 Å². The molecule has 1 heterocycles. The lowest BCUT2D eigenvalue weighted by Crippen LogP contribution is -2.40. The van der Waals surface area contributed by atoms with Gasteiger partial charge in [0.2, 0.25) is 0 Å². The van der Waals surface area contributed by atoms with Crippen LogP contribution in [0.2, 0.25) is 0 Å². The zero-order valence-corrected chi connectivity index (χ0v) is 10.7. The third kappa shape index (κ3) is 2.88. The fourth-order valence-electron chi connectivity index (χ4n) is 2.60. The molecule has 6 heteroatoms. The molecule has 0 bridgehead atoms. The Morgan fingerprint density at radius 3 is 2.58 bits per heavy atom. The van der Waals surface area contributed by atoms with Crippen LogP contribution in [0.5, 0.6) is 0 Å². The lowest BCUT2D eigenvalue weighted by Gasteiger charge is -2.27. The van der Waals surface area contributed by atoms with Gasteiger partial charge >= 0.3 is 0 Å². The van der Waals surface area contributed by atoms with Crippen LogP contribution in [0, 0.1) is 5.41 Å². The maximum atomic E-state index is 9.53. The molecule has 1 aromatic rings. The number of aliphatic hydroxyl groups excluding tert-OH is 2. The summed E-state index contributed by atoms with van der Waals surface area (Å²) < 4.78 is 0. The molecule has 0 aliphatic carbocycles. The van der Waals surface area contributed by atoms with Crippen LogP contribution in [0.25, 0.3) is 10.4 Å². The van der Waals surface area contributed by atoms with E-state index in [9.17, 15) is 10.2 Å². The molecule has 2 N–H and O–H groups in total. The number of aliphatic hydroxyl groups is 2. The van der Waals surface area contributed by atoms with E-state index >= 15 is 0 Å². The summed E-state index contributed by atoms with van der Waals surface area (Å²) in [6.45, 7) is 1.44.